The van der Waals surface area contributed by atoms with Gasteiger partial charge in [-0.15, -0.1) is 0 Å². The molecule has 6 bridgehead atoms. The first-order valence-corrected chi connectivity index (χ1v) is 27.4. The van der Waals surface area contributed by atoms with Crippen LogP contribution >= 0.6 is 0 Å². The molecule has 0 radical (unpaired) electrons. The first-order valence-electron chi connectivity index (χ1n) is 27.4. The van der Waals surface area contributed by atoms with E-state index >= 15 is 0 Å². The smallest absolute Gasteiger partial charge is 0.324 e. The van der Waals surface area contributed by atoms with Gasteiger partial charge in [-0.3, -0.25) is 38.9 Å². The van der Waals surface area contributed by atoms with Gasteiger partial charge in [-0.05, 0) is 104 Å². The number of aryl methyl sites for hydroxylation is 1. The number of nitrogens with one attached hydrogen (secondary N) is 2. The highest BCUT2D eigenvalue weighted by Gasteiger charge is 2.54. The third kappa shape index (κ3) is 10.5. The molecule has 17 heteroatoms. The normalized spacial score (nSPS) is 25.2. The van der Waals surface area contributed by atoms with E-state index in [1.165, 1.54) is 5.01 Å². The van der Waals surface area contributed by atoms with Crippen molar-refractivity contribution in [2.24, 2.45) is 16.7 Å². The standard InChI is InChI=1S/C59H74N8O9/c1-8-64-49-18-16-41-30-45(49)46(53(64)44-14-10-22-60-51(44)38(4)73-7)31-58(5,6)36-76-56(71)47-15-11-23-67(62-47)55(70)48(29-39-12-9-13-40(41)28-39)61-54(69)52(37(2)3)66-25-21-59(57(66)72)20-24-63(35-59)50(68)19-17-42-32-74-27-26-65(42)43-33-75-34-43/h9-10,12-14,16,18,22,28,30,37-38,42-43,47-48,52,62H,8,11,15,20-21,23-27,29,31-36H2,1-7H3,(H,61,69)/t38-,42+,47-,48?,52?,59+/m0/s1. The molecule has 5 saturated heterocycles. The van der Waals surface area contributed by atoms with Gasteiger partial charge in [-0.1, -0.05) is 63.9 Å². The van der Waals surface area contributed by atoms with Gasteiger partial charge < -0.3 is 38.6 Å². The number of benzene rings is 2. The van der Waals surface area contributed by atoms with Crippen LogP contribution < -0.4 is 10.7 Å². The van der Waals surface area contributed by atoms with E-state index in [0.29, 0.717) is 84.7 Å². The summed E-state index contributed by atoms with van der Waals surface area (Å²) < 4.78 is 25.5. The van der Waals surface area contributed by atoms with Gasteiger partial charge in [0.15, 0.2) is 0 Å². The van der Waals surface area contributed by atoms with E-state index in [1.54, 1.807) is 23.1 Å². The number of morpholine rings is 1. The van der Waals surface area contributed by atoms with Crippen molar-refractivity contribution in [1.82, 2.24) is 40.0 Å². The molecule has 4 amide bonds. The molecule has 4 aromatic rings. The molecule has 8 heterocycles. The van der Waals surface area contributed by atoms with E-state index < -0.39 is 46.7 Å². The van der Waals surface area contributed by atoms with Crippen molar-refractivity contribution in [3.05, 3.63) is 77.6 Å². The summed E-state index contributed by atoms with van der Waals surface area (Å²) in [6, 6.07) is 16.0. The van der Waals surface area contributed by atoms with Crippen molar-refractivity contribution in [3.63, 3.8) is 0 Å². The molecule has 76 heavy (non-hydrogen) atoms. The Balaban J connectivity index is 0.940. The van der Waals surface area contributed by atoms with Gasteiger partial charge in [-0.25, -0.2) is 5.43 Å². The third-order valence-corrected chi connectivity index (χ3v) is 16.7. The number of rotatable bonds is 9. The van der Waals surface area contributed by atoms with Crippen molar-refractivity contribution in [1.29, 1.82) is 0 Å². The lowest BCUT2D eigenvalue weighted by molar-refractivity contribution is -0.155. The van der Waals surface area contributed by atoms with Gasteiger partial charge in [0.2, 0.25) is 11.8 Å². The Labute approximate surface area is 446 Å². The van der Waals surface area contributed by atoms with Gasteiger partial charge in [0, 0.05) is 80.9 Å². The summed E-state index contributed by atoms with van der Waals surface area (Å²) >= 11 is 0. The Hall–Kier alpha value is -6.16. The van der Waals surface area contributed by atoms with Gasteiger partial charge in [-0.2, -0.15) is 0 Å². The maximum absolute atomic E-state index is 14.9. The molecular weight excluding hydrogens is 965 g/mol. The fourth-order valence-electron chi connectivity index (χ4n) is 12.4. The van der Waals surface area contributed by atoms with Crippen LogP contribution in [0.5, 0.6) is 0 Å². The number of pyridine rings is 1. The van der Waals surface area contributed by atoms with E-state index in [4.69, 9.17) is 23.9 Å². The van der Waals surface area contributed by atoms with Crippen molar-refractivity contribution < 1.29 is 42.9 Å². The lowest BCUT2D eigenvalue weighted by Gasteiger charge is -2.42. The van der Waals surface area contributed by atoms with Gasteiger partial charge in [0.05, 0.1) is 68.0 Å². The molecule has 6 aliphatic heterocycles. The minimum Gasteiger partial charge on any atom is -0.464 e. The van der Waals surface area contributed by atoms with E-state index in [0.717, 1.165) is 56.7 Å². The predicted molar refractivity (Wildman–Crippen MR) is 286 cm³/mol. The molecule has 6 aliphatic rings. The number of carbonyl (C=O) groups excluding carboxylic acids is 5. The summed E-state index contributed by atoms with van der Waals surface area (Å²) in [5.41, 5.74) is 9.65. The first kappa shape index (κ1) is 53.2. The zero-order valence-electron chi connectivity index (χ0n) is 45.2. The second-order valence-corrected chi connectivity index (χ2v) is 22.8. The number of likely N-dealkylation sites (tertiary alicyclic amines) is 2. The minimum atomic E-state index is -1.06. The van der Waals surface area contributed by atoms with Crippen LogP contribution in [-0.2, 0) is 62.3 Å². The topological polar surface area (TPSA) is 177 Å². The summed E-state index contributed by atoms with van der Waals surface area (Å²) in [5.74, 6) is 3.95. The lowest BCUT2D eigenvalue weighted by atomic mass is 9.84. The molecular formula is C59H74N8O9. The Morgan fingerprint density at radius 3 is 2.53 bits per heavy atom. The number of cyclic esters (lactones) is 1. The van der Waals surface area contributed by atoms with Crippen molar-refractivity contribution in [3.8, 4) is 34.2 Å². The average molecular weight is 1040 g/mol. The van der Waals surface area contributed by atoms with Crippen LogP contribution in [0.2, 0.25) is 0 Å². The molecule has 0 aliphatic carbocycles. The second-order valence-electron chi connectivity index (χ2n) is 22.8. The minimum absolute atomic E-state index is 0.131. The number of amides is 4. The molecule has 2 aromatic carbocycles. The van der Waals surface area contributed by atoms with E-state index in [9.17, 15) is 24.0 Å². The zero-order valence-corrected chi connectivity index (χ0v) is 45.2. The van der Waals surface area contributed by atoms with Crippen molar-refractivity contribution >= 4 is 40.5 Å². The number of hydrogen-bond donors (Lipinski definition) is 2. The molecule has 6 atom stereocenters. The summed E-state index contributed by atoms with van der Waals surface area (Å²) in [4.78, 5) is 82.6. The summed E-state index contributed by atoms with van der Waals surface area (Å²) in [6.45, 7) is 17.3. The highest BCUT2D eigenvalue weighted by Crippen LogP contribution is 2.44. The predicted octanol–water partition coefficient (Wildman–Crippen LogP) is 5.32. The fraction of sp³-hybridized carbons (Fsp3) is 0.559. The van der Waals surface area contributed by atoms with Crippen LogP contribution in [0.3, 0.4) is 0 Å². The average Bonchev–Trinajstić information content (AvgIpc) is 4.09. The summed E-state index contributed by atoms with van der Waals surface area (Å²) in [7, 11) is 1.69. The first-order chi connectivity index (χ1) is 36.6. The van der Waals surface area contributed by atoms with Crippen molar-refractivity contribution in [2.45, 2.75) is 123 Å². The summed E-state index contributed by atoms with van der Waals surface area (Å²) in [5, 5.41) is 5.67. The Bertz CT molecular complexity index is 2940. The van der Waals surface area contributed by atoms with E-state index in [-0.39, 0.29) is 55.5 Å². The Morgan fingerprint density at radius 1 is 0.961 bits per heavy atom. The maximum Gasteiger partial charge on any atom is 0.324 e. The maximum atomic E-state index is 14.9. The molecule has 1 spiro atoms. The highest BCUT2D eigenvalue weighted by atomic mass is 16.5. The molecule has 404 valence electrons. The number of hydrazine groups is 1. The van der Waals surface area contributed by atoms with Crippen LogP contribution in [0, 0.1) is 28.6 Å². The molecule has 10 rings (SSSR count). The molecule has 2 N–H and O–H groups in total. The lowest BCUT2D eigenvalue weighted by Crippen LogP contribution is -2.62. The Morgan fingerprint density at radius 2 is 1.76 bits per heavy atom. The van der Waals surface area contributed by atoms with Gasteiger partial charge in [0.25, 0.3) is 11.8 Å². The van der Waals surface area contributed by atoms with Crippen LogP contribution in [-0.4, -0.2) is 162 Å². The van der Waals surface area contributed by atoms with Crippen molar-refractivity contribution in [2.75, 3.05) is 72.9 Å². The molecule has 2 aromatic heterocycles. The number of esters is 1. The monoisotopic (exact) mass is 1040 g/mol. The highest BCUT2D eigenvalue weighted by molar-refractivity contribution is 5.98. The number of hydrogen-bond acceptors (Lipinski definition) is 12. The van der Waals surface area contributed by atoms with Crippen LogP contribution in [0.25, 0.3) is 33.3 Å². The summed E-state index contributed by atoms with van der Waals surface area (Å²) in [6.07, 6.45) is 4.24. The quantitative estimate of drug-likeness (QED) is 0.163. The number of carbonyl (C=O) groups is 5. The zero-order chi connectivity index (χ0) is 53.5. The second kappa shape index (κ2) is 22.1. The van der Waals surface area contributed by atoms with Gasteiger partial charge >= 0.3 is 5.97 Å². The fourth-order valence-corrected chi connectivity index (χ4v) is 12.4. The molecule has 17 nitrogen and oxygen atoms in total. The SMILES string of the molecule is CCn1c(-c2cccnc2[C@H](C)OC)c2c3cc(ccc31)-c1cccc(c1)CC(NC(=O)C(C(C)C)N1CC[C@@]3(CCN(C(=O)C#C[C@@H]4COCCN4C4COC4)C3)C1=O)C(=O)N1CCC[C@H](N1)C(=O)OCC(C)(C)C2. The Kier molecular flexibility index (Phi) is 15.5. The number of nitrogens with zero attached hydrogens (tertiary/aromatic N) is 6. The van der Waals surface area contributed by atoms with E-state index in [1.807, 2.05) is 39.0 Å². The number of ether oxygens (including phenoxy) is 4. The molecule has 0 saturated carbocycles. The van der Waals surface area contributed by atoms with Gasteiger partial charge in [0.1, 0.15) is 18.1 Å². The molecule has 5 fully saturated rings. The number of aromatic nitrogens is 2. The van der Waals surface area contributed by atoms with Crippen LogP contribution in [0.1, 0.15) is 90.2 Å². The third-order valence-electron chi connectivity index (χ3n) is 16.7. The van der Waals surface area contributed by atoms with Crippen LogP contribution in [0.4, 0.5) is 0 Å². The van der Waals surface area contributed by atoms with E-state index in [2.05, 4.69) is 89.2 Å². The number of methoxy groups -OCH3 is 1. The van der Waals surface area contributed by atoms with Crippen LogP contribution in [0.15, 0.2) is 60.8 Å². The molecule has 2 unspecified atom stereocenters. The largest absolute Gasteiger partial charge is 0.464 e. The number of fused-ring (bicyclic) bond motifs is 6.